The van der Waals surface area contributed by atoms with Crippen molar-refractivity contribution in [3.8, 4) is 5.75 Å². The van der Waals surface area contributed by atoms with Crippen molar-refractivity contribution in [2.24, 2.45) is 5.41 Å². The van der Waals surface area contributed by atoms with Crippen LogP contribution in [0.2, 0.25) is 0 Å². The van der Waals surface area contributed by atoms with Gasteiger partial charge in [0.25, 0.3) is 0 Å². The number of methoxy groups -OCH3 is 1. The number of nitrogens with one attached hydrogen (secondary N) is 1. The van der Waals surface area contributed by atoms with Gasteiger partial charge >= 0.3 is 0 Å². The standard InChI is InChI=1S/C17H19N5O2/c1-17(2)8-11-14(12(23)9-17)15(22-16(18-11)19-20-21-22)10-6-4-5-7-13(10)24-3/h4-7,15H,8-9H2,1-3H3,(H,18,19,21)/t15-/m0/s1. The zero-order valence-electron chi connectivity index (χ0n) is 13.9. The van der Waals surface area contributed by atoms with Crippen LogP contribution >= 0.6 is 0 Å². The maximum Gasteiger partial charge on any atom is 0.248 e. The molecule has 7 heteroatoms. The molecule has 7 nitrogen and oxygen atoms in total. The summed E-state index contributed by atoms with van der Waals surface area (Å²) in [5.41, 5.74) is 2.45. The quantitative estimate of drug-likeness (QED) is 0.912. The molecular formula is C17H19N5O2. The van der Waals surface area contributed by atoms with Crippen LogP contribution in [0.3, 0.4) is 0 Å². The molecule has 1 aromatic heterocycles. The first-order valence-electron chi connectivity index (χ1n) is 7.94. The van der Waals surface area contributed by atoms with Gasteiger partial charge in [0.1, 0.15) is 11.8 Å². The Labute approximate surface area is 139 Å². The molecule has 0 amide bonds. The summed E-state index contributed by atoms with van der Waals surface area (Å²) >= 11 is 0. The number of aromatic nitrogens is 4. The molecule has 1 aliphatic heterocycles. The van der Waals surface area contributed by atoms with Crippen LogP contribution in [-0.4, -0.2) is 33.1 Å². The zero-order valence-corrected chi connectivity index (χ0v) is 13.9. The van der Waals surface area contributed by atoms with Crippen molar-refractivity contribution in [3.05, 3.63) is 41.1 Å². The van der Waals surface area contributed by atoms with Gasteiger partial charge in [0, 0.05) is 23.3 Å². The minimum Gasteiger partial charge on any atom is -0.496 e. The zero-order chi connectivity index (χ0) is 16.9. The summed E-state index contributed by atoms with van der Waals surface area (Å²) in [6.45, 7) is 4.21. The normalized spacial score (nSPS) is 21.8. The third-order valence-corrected chi connectivity index (χ3v) is 4.63. The average molecular weight is 325 g/mol. The maximum atomic E-state index is 12.9. The summed E-state index contributed by atoms with van der Waals surface area (Å²) in [7, 11) is 1.63. The predicted octanol–water partition coefficient (Wildman–Crippen LogP) is 2.34. The third-order valence-electron chi connectivity index (χ3n) is 4.63. The van der Waals surface area contributed by atoms with Crippen LogP contribution in [0.15, 0.2) is 35.5 Å². The first-order chi connectivity index (χ1) is 11.5. The molecule has 1 atom stereocenters. The Morgan fingerprint density at radius 3 is 2.88 bits per heavy atom. The molecular weight excluding hydrogens is 306 g/mol. The van der Waals surface area contributed by atoms with Gasteiger partial charge in [-0.2, -0.15) is 4.68 Å². The van der Waals surface area contributed by atoms with E-state index < -0.39 is 0 Å². The highest BCUT2D eigenvalue weighted by atomic mass is 16.5. The van der Waals surface area contributed by atoms with Crippen LogP contribution in [0.1, 0.15) is 38.3 Å². The van der Waals surface area contributed by atoms with Gasteiger partial charge in [-0.15, -0.1) is 0 Å². The minimum atomic E-state index is -0.369. The van der Waals surface area contributed by atoms with E-state index in [4.69, 9.17) is 4.74 Å². The Morgan fingerprint density at radius 1 is 1.29 bits per heavy atom. The molecule has 2 heterocycles. The summed E-state index contributed by atoms with van der Waals surface area (Å²) in [5, 5.41) is 15.2. The van der Waals surface area contributed by atoms with Gasteiger partial charge in [-0.1, -0.05) is 37.1 Å². The fraction of sp³-hybridized carbons (Fsp3) is 0.412. The smallest absolute Gasteiger partial charge is 0.248 e. The number of ether oxygens (including phenoxy) is 1. The van der Waals surface area contributed by atoms with Gasteiger partial charge in [-0.05, 0) is 28.3 Å². The molecule has 0 fully saturated rings. The van der Waals surface area contributed by atoms with E-state index in [2.05, 4.69) is 34.7 Å². The topological polar surface area (TPSA) is 81.9 Å². The maximum absolute atomic E-state index is 12.9. The molecule has 1 aliphatic carbocycles. The highest BCUT2D eigenvalue weighted by Gasteiger charge is 2.42. The van der Waals surface area contributed by atoms with E-state index in [0.717, 1.165) is 29.0 Å². The number of carbonyl (C=O) groups is 1. The van der Waals surface area contributed by atoms with Crippen LogP contribution < -0.4 is 10.1 Å². The molecule has 24 heavy (non-hydrogen) atoms. The predicted molar refractivity (Wildman–Crippen MR) is 87.6 cm³/mol. The number of tetrazole rings is 1. The largest absolute Gasteiger partial charge is 0.496 e. The second-order valence-corrected chi connectivity index (χ2v) is 7.05. The van der Waals surface area contributed by atoms with Crippen molar-refractivity contribution >= 4 is 11.7 Å². The molecule has 124 valence electrons. The second kappa shape index (κ2) is 5.15. The fourth-order valence-electron chi connectivity index (χ4n) is 3.65. The SMILES string of the molecule is COc1ccccc1[C@H]1C2=C(CC(C)(C)CC2=O)Nc2nnnn21. The van der Waals surface area contributed by atoms with Gasteiger partial charge in [0.2, 0.25) is 5.95 Å². The Kier molecular flexibility index (Phi) is 3.19. The summed E-state index contributed by atoms with van der Waals surface area (Å²) in [6.07, 6.45) is 1.29. The van der Waals surface area contributed by atoms with Crippen molar-refractivity contribution in [1.29, 1.82) is 0 Å². The van der Waals surface area contributed by atoms with E-state index in [0.29, 0.717) is 12.4 Å². The Hall–Kier alpha value is -2.70. The Balaban J connectivity index is 1.93. The Morgan fingerprint density at radius 2 is 2.08 bits per heavy atom. The van der Waals surface area contributed by atoms with Crippen LogP contribution in [0, 0.1) is 5.41 Å². The molecule has 0 radical (unpaired) electrons. The minimum absolute atomic E-state index is 0.0795. The number of rotatable bonds is 2. The molecule has 0 bridgehead atoms. The van der Waals surface area contributed by atoms with Gasteiger partial charge < -0.3 is 10.1 Å². The van der Waals surface area contributed by atoms with Crippen LogP contribution in [0.5, 0.6) is 5.75 Å². The first-order valence-corrected chi connectivity index (χ1v) is 7.94. The number of benzene rings is 1. The summed E-state index contributed by atoms with van der Waals surface area (Å²) in [5.74, 6) is 1.40. The number of carbonyl (C=O) groups excluding carboxylic acids is 1. The number of allylic oxidation sites excluding steroid dienone is 2. The molecule has 4 rings (SSSR count). The highest BCUT2D eigenvalue weighted by Crippen LogP contribution is 2.46. The molecule has 2 aromatic rings. The summed E-state index contributed by atoms with van der Waals surface area (Å²) in [4.78, 5) is 12.9. The second-order valence-electron chi connectivity index (χ2n) is 7.05. The number of anilines is 1. The molecule has 1 aromatic carbocycles. The molecule has 0 saturated carbocycles. The molecule has 2 aliphatic rings. The lowest BCUT2D eigenvalue weighted by atomic mass is 9.73. The summed E-state index contributed by atoms with van der Waals surface area (Å²) in [6, 6.07) is 7.31. The molecule has 0 spiro atoms. The first kappa shape index (κ1) is 14.9. The van der Waals surface area contributed by atoms with Gasteiger partial charge in [0.05, 0.1) is 7.11 Å². The average Bonchev–Trinajstić information content (AvgIpc) is 2.99. The number of ketones is 1. The van der Waals surface area contributed by atoms with Gasteiger partial charge in [0.15, 0.2) is 5.78 Å². The highest BCUT2D eigenvalue weighted by molar-refractivity contribution is 6.00. The number of hydrogen-bond acceptors (Lipinski definition) is 6. The lowest BCUT2D eigenvalue weighted by Gasteiger charge is -2.38. The number of nitrogens with zero attached hydrogens (tertiary/aromatic N) is 4. The number of fused-ring (bicyclic) bond motifs is 1. The van der Waals surface area contributed by atoms with Crippen LogP contribution in [-0.2, 0) is 4.79 Å². The van der Waals surface area contributed by atoms with Gasteiger partial charge in [-0.3, -0.25) is 4.79 Å². The van der Waals surface area contributed by atoms with E-state index in [9.17, 15) is 4.79 Å². The molecule has 0 unspecified atom stereocenters. The summed E-state index contributed by atoms with van der Waals surface area (Å²) < 4.78 is 7.17. The number of Topliss-reactive ketones (excluding diaryl/α,β-unsaturated/α-hetero) is 1. The van der Waals surface area contributed by atoms with E-state index in [1.807, 2.05) is 24.3 Å². The van der Waals surface area contributed by atoms with Crippen molar-refractivity contribution in [1.82, 2.24) is 20.2 Å². The van der Waals surface area contributed by atoms with Crippen LogP contribution in [0.25, 0.3) is 0 Å². The Bertz CT molecular complexity index is 852. The van der Waals surface area contributed by atoms with Crippen molar-refractivity contribution < 1.29 is 9.53 Å². The van der Waals surface area contributed by atoms with Gasteiger partial charge in [-0.25, -0.2) is 0 Å². The fourth-order valence-corrected chi connectivity index (χ4v) is 3.65. The molecule has 1 N–H and O–H groups in total. The lowest BCUT2D eigenvalue weighted by Crippen LogP contribution is -2.36. The number of para-hydroxylation sites is 1. The van der Waals surface area contributed by atoms with Crippen LogP contribution in [0.4, 0.5) is 5.95 Å². The van der Waals surface area contributed by atoms with Crippen molar-refractivity contribution in [2.75, 3.05) is 12.4 Å². The monoisotopic (exact) mass is 325 g/mol. The van der Waals surface area contributed by atoms with Crippen molar-refractivity contribution in [2.45, 2.75) is 32.7 Å². The third kappa shape index (κ3) is 2.19. The lowest BCUT2D eigenvalue weighted by molar-refractivity contribution is -0.118. The van der Waals surface area contributed by atoms with E-state index in [1.54, 1.807) is 11.8 Å². The van der Waals surface area contributed by atoms with E-state index >= 15 is 0 Å². The van der Waals surface area contributed by atoms with E-state index in [1.165, 1.54) is 0 Å². The van der Waals surface area contributed by atoms with Crippen molar-refractivity contribution in [3.63, 3.8) is 0 Å². The molecule has 0 saturated heterocycles. The van der Waals surface area contributed by atoms with E-state index in [-0.39, 0.29) is 17.2 Å². The number of hydrogen-bond donors (Lipinski definition) is 1.